The molecule has 0 radical (unpaired) electrons. The highest BCUT2D eigenvalue weighted by Gasteiger charge is 2.47. The highest BCUT2D eigenvalue weighted by molar-refractivity contribution is 6.30. The van der Waals surface area contributed by atoms with Gasteiger partial charge >= 0.3 is 12.1 Å². The summed E-state index contributed by atoms with van der Waals surface area (Å²) in [6.45, 7) is 6.13. The lowest BCUT2D eigenvalue weighted by Crippen LogP contribution is -2.53. The molecule has 1 fully saturated rings. The number of esters is 1. The Hall–Kier alpha value is -2.44. The predicted molar refractivity (Wildman–Crippen MR) is 105 cm³/mol. The van der Waals surface area contributed by atoms with Crippen LogP contribution in [0.25, 0.3) is 10.4 Å². The first-order chi connectivity index (χ1) is 13.1. The van der Waals surface area contributed by atoms with Crippen molar-refractivity contribution in [3.05, 3.63) is 45.3 Å². The van der Waals surface area contributed by atoms with Crippen LogP contribution in [-0.2, 0) is 19.7 Å². The van der Waals surface area contributed by atoms with E-state index >= 15 is 0 Å². The fourth-order valence-electron chi connectivity index (χ4n) is 3.46. The van der Waals surface area contributed by atoms with E-state index in [-0.39, 0.29) is 0 Å². The number of amides is 1. The van der Waals surface area contributed by atoms with Gasteiger partial charge in [0.05, 0.1) is 7.11 Å². The largest absolute Gasteiger partial charge is 0.469 e. The van der Waals surface area contributed by atoms with E-state index in [1.807, 2.05) is 32.9 Å². The fourth-order valence-corrected chi connectivity index (χ4v) is 3.59. The molecule has 1 heterocycles. The quantitative estimate of drug-likeness (QED) is 0.317. The summed E-state index contributed by atoms with van der Waals surface area (Å²) in [7, 11) is 1.26. The first-order valence-electron chi connectivity index (χ1n) is 8.99. The molecule has 1 aliphatic heterocycles. The predicted octanol–water partition coefficient (Wildman–Crippen LogP) is 4.46. The van der Waals surface area contributed by atoms with Gasteiger partial charge in [-0.2, -0.15) is 0 Å². The molecule has 1 aromatic carbocycles. The third kappa shape index (κ3) is 4.88. The summed E-state index contributed by atoms with van der Waals surface area (Å²) in [6.07, 6.45) is 0.412. The second-order valence-corrected chi connectivity index (χ2v) is 8.20. The van der Waals surface area contributed by atoms with E-state index < -0.39 is 29.1 Å². The Labute approximate surface area is 169 Å². The van der Waals surface area contributed by atoms with Gasteiger partial charge in [0.2, 0.25) is 0 Å². The van der Waals surface area contributed by atoms with Crippen LogP contribution >= 0.6 is 11.6 Å². The van der Waals surface area contributed by atoms with Crippen LogP contribution in [0.1, 0.15) is 39.2 Å². The van der Waals surface area contributed by atoms with Gasteiger partial charge in [0.15, 0.2) is 0 Å². The summed E-state index contributed by atoms with van der Waals surface area (Å²) in [5.41, 5.74) is 8.44. The topological polar surface area (TPSA) is 105 Å². The molecule has 0 aliphatic carbocycles. The summed E-state index contributed by atoms with van der Waals surface area (Å²) in [6, 6.07) is 6.03. The number of halogens is 1. The van der Waals surface area contributed by atoms with Crippen LogP contribution in [-0.4, -0.2) is 48.8 Å². The molecule has 1 aromatic rings. The average Bonchev–Trinajstić information content (AvgIpc) is 2.65. The molecule has 1 atom stereocenters. The summed E-state index contributed by atoms with van der Waals surface area (Å²) >= 11 is 6.01. The van der Waals surface area contributed by atoms with Crippen molar-refractivity contribution in [1.29, 1.82) is 0 Å². The number of carbonyl (C=O) groups is 2. The Morgan fingerprint density at radius 3 is 2.29 bits per heavy atom. The summed E-state index contributed by atoms with van der Waals surface area (Å²) < 4.78 is 10.3. The third-order valence-corrected chi connectivity index (χ3v) is 5.09. The van der Waals surface area contributed by atoms with Crippen LogP contribution in [0.2, 0.25) is 5.02 Å². The van der Waals surface area contributed by atoms with Crippen molar-refractivity contribution in [1.82, 2.24) is 4.90 Å². The molecule has 152 valence electrons. The molecule has 0 saturated carbocycles. The lowest BCUT2D eigenvalue weighted by molar-refractivity contribution is -0.144. The van der Waals surface area contributed by atoms with Crippen molar-refractivity contribution < 1.29 is 19.1 Å². The monoisotopic (exact) mass is 408 g/mol. The number of likely N-dealkylation sites (tertiary alicyclic amines) is 1. The van der Waals surface area contributed by atoms with Crippen LogP contribution in [0.5, 0.6) is 0 Å². The first kappa shape index (κ1) is 21.9. The van der Waals surface area contributed by atoms with Crippen molar-refractivity contribution in [2.24, 2.45) is 5.11 Å². The molecule has 0 aromatic heterocycles. The lowest BCUT2D eigenvalue weighted by atomic mass is 9.67. The standard InChI is InChI=1S/C19H25ClN4O4/c1-18(2,3)28-17(26)24-11-9-19(10-12-24,13-5-7-14(20)8-6-13)15(22-23-21)16(25)27-4/h5-8,15H,9-12H2,1-4H3/t15-/m1/s1. The van der Waals surface area contributed by atoms with Gasteiger partial charge < -0.3 is 14.4 Å². The molecule has 9 heteroatoms. The molecule has 0 N–H and O–H groups in total. The SMILES string of the molecule is COC(=O)[C@@H](N=[N+]=[N-])C1(c2ccc(Cl)cc2)CCN(C(=O)OC(C)(C)C)CC1. The molecular weight excluding hydrogens is 384 g/mol. The number of hydrogen-bond acceptors (Lipinski definition) is 5. The fraction of sp³-hybridized carbons (Fsp3) is 0.579. The van der Waals surface area contributed by atoms with Crippen molar-refractivity contribution in [2.75, 3.05) is 20.2 Å². The smallest absolute Gasteiger partial charge is 0.410 e. The number of azide groups is 1. The van der Waals surface area contributed by atoms with Gasteiger partial charge in [-0.15, -0.1) is 0 Å². The zero-order chi connectivity index (χ0) is 20.9. The normalized spacial score (nSPS) is 17.2. The number of ether oxygens (including phenoxy) is 2. The molecular formula is C19H25ClN4O4. The van der Waals surface area contributed by atoms with Crippen LogP contribution in [0.4, 0.5) is 4.79 Å². The molecule has 1 amide bonds. The number of carbonyl (C=O) groups excluding carboxylic acids is 2. The molecule has 0 spiro atoms. The van der Waals surface area contributed by atoms with E-state index in [0.717, 1.165) is 5.56 Å². The van der Waals surface area contributed by atoms with Gasteiger partial charge in [-0.1, -0.05) is 28.8 Å². The Morgan fingerprint density at radius 2 is 1.82 bits per heavy atom. The number of nitrogens with zero attached hydrogens (tertiary/aromatic N) is 4. The Bertz CT molecular complexity index is 761. The van der Waals surface area contributed by atoms with E-state index in [2.05, 4.69) is 10.0 Å². The number of hydrogen-bond donors (Lipinski definition) is 0. The molecule has 0 bridgehead atoms. The van der Waals surface area contributed by atoms with Crippen LogP contribution in [0, 0.1) is 0 Å². The summed E-state index contributed by atoms with van der Waals surface area (Å²) in [4.78, 5) is 29.3. The van der Waals surface area contributed by atoms with Crippen molar-refractivity contribution in [2.45, 2.75) is 50.7 Å². The van der Waals surface area contributed by atoms with E-state index in [0.29, 0.717) is 31.0 Å². The minimum Gasteiger partial charge on any atom is -0.469 e. The van der Waals surface area contributed by atoms with E-state index in [4.69, 9.17) is 26.6 Å². The molecule has 0 unspecified atom stereocenters. The van der Waals surface area contributed by atoms with E-state index in [1.165, 1.54) is 7.11 Å². The highest BCUT2D eigenvalue weighted by Crippen LogP contribution is 2.41. The highest BCUT2D eigenvalue weighted by atomic mass is 35.5. The summed E-state index contributed by atoms with van der Waals surface area (Å²) in [5, 5.41) is 4.32. The Kier molecular flexibility index (Phi) is 6.80. The number of benzene rings is 1. The molecule has 8 nitrogen and oxygen atoms in total. The van der Waals surface area contributed by atoms with E-state index in [1.54, 1.807) is 17.0 Å². The summed E-state index contributed by atoms with van der Waals surface area (Å²) in [5.74, 6) is -0.613. The van der Waals surface area contributed by atoms with E-state index in [9.17, 15) is 9.59 Å². The van der Waals surface area contributed by atoms with Gasteiger partial charge in [0.1, 0.15) is 11.6 Å². The average molecular weight is 409 g/mol. The molecule has 1 saturated heterocycles. The van der Waals surface area contributed by atoms with Crippen LogP contribution in [0.3, 0.4) is 0 Å². The number of piperidine rings is 1. The maximum atomic E-state index is 12.4. The van der Waals surface area contributed by atoms with Crippen LogP contribution in [0.15, 0.2) is 29.4 Å². The van der Waals surface area contributed by atoms with Crippen molar-refractivity contribution in [3.8, 4) is 0 Å². The zero-order valence-corrected chi connectivity index (χ0v) is 17.3. The third-order valence-electron chi connectivity index (χ3n) is 4.84. The zero-order valence-electron chi connectivity index (χ0n) is 16.5. The molecule has 1 aliphatic rings. The van der Waals surface area contributed by atoms with Gasteiger partial charge in [-0.3, -0.25) is 4.79 Å². The Balaban J connectivity index is 2.37. The van der Waals surface area contributed by atoms with Crippen molar-refractivity contribution >= 4 is 23.7 Å². The van der Waals surface area contributed by atoms with Gasteiger partial charge in [-0.05, 0) is 56.8 Å². The minimum absolute atomic E-state index is 0.353. The maximum Gasteiger partial charge on any atom is 0.410 e. The van der Waals surface area contributed by atoms with Gasteiger partial charge in [-0.25, -0.2) is 4.79 Å². The first-order valence-corrected chi connectivity index (χ1v) is 9.37. The number of methoxy groups -OCH3 is 1. The minimum atomic E-state index is -1.05. The van der Waals surface area contributed by atoms with Crippen molar-refractivity contribution in [3.63, 3.8) is 0 Å². The second kappa shape index (κ2) is 8.71. The van der Waals surface area contributed by atoms with Crippen LogP contribution < -0.4 is 0 Å². The molecule has 2 rings (SSSR count). The van der Waals surface area contributed by atoms with Gasteiger partial charge in [0, 0.05) is 28.4 Å². The Morgan fingerprint density at radius 1 is 1.25 bits per heavy atom. The maximum absolute atomic E-state index is 12.4. The second-order valence-electron chi connectivity index (χ2n) is 7.76. The molecule has 28 heavy (non-hydrogen) atoms. The number of rotatable bonds is 4. The van der Waals surface area contributed by atoms with Gasteiger partial charge in [0.25, 0.3) is 0 Å². The lowest BCUT2D eigenvalue weighted by Gasteiger charge is -2.44.